The number of halogens is 2. The Morgan fingerprint density at radius 1 is 0.933 bits per heavy atom. The molecule has 0 aliphatic heterocycles. The number of aromatic carboxylic acids is 1. The second kappa shape index (κ2) is 14.7. The van der Waals surface area contributed by atoms with Crippen molar-refractivity contribution in [1.29, 1.82) is 0 Å². The molecule has 9 heteroatoms. The molecule has 1 atom stereocenters. The summed E-state index contributed by atoms with van der Waals surface area (Å²) in [5, 5.41) is 10.3. The van der Waals surface area contributed by atoms with E-state index in [0.29, 0.717) is 28.1 Å². The number of benzene rings is 4. The van der Waals surface area contributed by atoms with Crippen molar-refractivity contribution in [3.63, 3.8) is 0 Å². The van der Waals surface area contributed by atoms with E-state index in [4.69, 9.17) is 28.2 Å². The smallest absolute Gasteiger partial charge is 0.335 e. The fourth-order valence-corrected chi connectivity index (χ4v) is 6.34. The van der Waals surface area contributed by atoms with E-state index >= 15 is 0 Å². The molecule has 1 aromatic heterocycles. The molecule has 0 aliphatic rings. The molecule has 0 radical (unpaired) electrons. The molecule has 1 heterocycles. The summed E-state index contributed by atoms with van der Waals surface area (Å²) in [6, 6.07) is 27.9. The maximum absolute atomic E-state index is 13.2. The van der Waals surface area contributed by atoms with Crippen molar-refractivity contribution in [2.45, 2.75) is 37.6 Å². The molecular weight excluding hydrogens is 625 g/mol. The monoisotopic (exact) mass is 657 g/mol. The van der Waals surface area contributed by atoms with Crippen molar-refractivity contribution < 1.29 is 14.1 Å². The summed E-state index contributed by atoms with van der Waals surface area (Å²) in [4.78, 5) is 16.9. The van der Waals surface area contributed by atoms with Crippen LogP contribution in [0.15, 0.2) is 102 Å². The van der Waals surface area contributed by atoms with Crippen molar-refractivity contribution in [3.05, 3.63) is 135 Å². The number of aromatic nitrogens is 2. The molecule has 230 valence electrons. The van der Waals surface area contributed by atoms with Gasteiger partial charge in [-0.2, -0.15) is 0 Å². The number of carboxylic acid groups (broad SMARTS) is 1. The SMILES string of the molecule is CCCCc1ccc(S(=O)N(C)c2ccc(/C=C/c3nc(-c4ccc(Cl)cc4Cl)cn3Cc3ccc(C(=O)O)cc3)cc2)cc1. The van der Waals surface area contributed by atoms with Gasteiger partial charge in [-0.25, -0.2) is 14.0 Å². The summed E-state index contributed by atoms with van der Waals surface area (Å²) in [5.41, 5.74) is 5.66. The Bertz CT molecular complexity index is 1830. The van der Waals surface area contributed by atoms with Crippen LogP contribution in [-0.4, -0.2) is 31.9 Å². The summed E-state index contributed by atoms with van der Waals surface area (Å²) in [6.07, 6.45) is 9.14. The highest BCUT2D eigenvalue weighted by molar-refractivity contribution is 7.86. The van der Waals surface area contributed by atoms with Gasteiger partial charge in [0.15, 0.2) is 11.0 Å². The zero-order valence-electron chi connectivity index (χ0n) is 25.0. The van der Waals surface area contributed by atoms with Crippen molar-refractivity contribution in [2.75, 3.05) is 11.4 Å². The van der Waals surface area contributed by atoms with Gasteiger partial charge in [0.25, 0.3) is 0 Å². The topological polar surface area (TPSA) is 75.4 Å². The molecule has 1 unspecified atom stereocenters. The number of carbonyl (C=O) groups is 1. The predicted molar refractivity (Wildman–Crippen MR) is 185 cm³/mol. The number of anilines is 1. The van der Waals surface area contributed by atoms with E-state index in [0.717, 1.165) is 46.5 Å². The minimum Gasteiger partial charge on any atom is -0.478 e. The molecule has 4 aromatic carbocycles. The average molecular weight is 659 g/mol. The quantitative estimate of drug-likeness (QED) is 0.145. The number of nitrogens with zero attached hydrogens (tertiary/aromatic N) is 3. The Morgan fingerprint density at radius 3 is 2.27 bits per heavy atom. The molecule has 0 saturated carbocycles. The van der Waals surface area contributed by atoms with Crippen LogP contribution in [0.1, 0.15) is 52.6 Å². The molecule has 0 bridgehead atoms. The molecule has 45 heavy (non-hydrogen) atoms. The van der Waals surface area contributed by atoms with Gasteiger partial charge in [0.05, 0.1) is 21.2 Å². The highest BCUT2D eigenvalue weighted by Crippen LogP contribution is 2.30. The predicted octanol–water partition coefficient (Wildman–Crippen LogP) is 9.28. The van der Waals surface area contributed by atoms with Gasteiger partial charge in [0.1, 0.15) is 5.82 Å². The summed E-state index contributed by atoms with van der Waals surface area (Å²) in [6.45, 7) is 2.66. The first-order valence-corrected chi connectivity index (χ1v) is 16.5. The Hall–Kier alpha value is -4.17. The highest BCUT2D eigenvalue weighted by atomic mass is 35.5. The van der Waals surface area contributed by atoms with Crippen LogP contribution in [0, 0.1) is 0 Å². The van der Waals surface area contributed by atoms with Gasteiger partial charge >= 0.3 is 5.97 Å². The van der Waals surface area contributed by atoms with Gasteiger partial charge < -0.3 is 9.67 Å². The first kappa shape index (κ1) is 32.2. The number of hydrogen-bond donors (Lipinski definition) is 1. The Labute approximate surface area is 276 Å². The highest BCUT2D eigenvalue weighted by Gasteiger charge is 2.14. The molecule has 0 aliphatic carbocycles. The lowest BCUT2D eigenvalue weighted by Gasteiger charge is -2.18. The Morgan fingerprint density at radius 2 is 1.62 bits per heavy atom. The molecular formula is C36H33Cl2N3O3S. The fourth-order valence-electron chi connectivity index (χ4n) is 4.84. The minimum absolute atomic E-state index is 0.233. The molecule has 0 spiro atoms. The van der Waals surface area contributed by atoms with Crippen LogP contribution in [0.2, 0.25) is 10.0 Å². The molecule has 5 rings (SSSR count). The molecule has 0 amide bonds. The third-order valence-corrected chi connectivity index (χ3v) is 9.37. The summed E-state index contributed by atoms with van der Waals surface area (Å²) < 4.78 is 17.0. The van der Waals surface area contributed by atoms with Crippen molar-refractivity contribution in [2.24, 2.45) is 0 Å². The normalized spacial score (nSPS) is 12.0. The third-order valence-electron chi connectivity index (χ3n) is 7.44. The number of rotatable bonds is 12. The molecule has 1 N–H and O–H groups in total. The number of carboxylic acids is 1. The number of unbranched alkanes of at least 4 members (excludes halogenated alkanes) is 1. The van der Waals surface area contributed by atoms with Crippen molar-refractivity contribution >= 4 is 58.0 Å². The number of imidazole rings is 1. The standard InChI is InChI=1S/C36H33Cl2N3O3S/c1-3-4-5-25-10-18-31(19-11-25)45(44)40(2)30-16-8-26(9-17-30)12-21-35-39-34(32-20-15-29(37)22-33(32)38)24-41(35)23-27-6-13-28(14-7-27)36(42)43/h6-22,24H,3-5,23H2,1-2H3,(H,42,43)/b21-12+. The second-order valence-corrected chi connectivity index (χ2v) is 13.0. The van der Waals surface area contributed by atoms with E-state index in [2.05, 4.69) is 19.1 Å². The van der Waals surface area contributed by atoms with Crippen molar-refractivity contribution in [3.8, 4) is 11.3 Å². The number of aryl methyl sites for hydroxylation is 1. The summed E-state index contributed by atoms with van der Waals surface area (Å²) >= 11 is 12.6. The second-order valence-electron chi connectivity index (χ2n) is 10.7. The maximum atomic E-state index is 13.2. The summed E-state index contributed by atoms with van der Waals surface area (Å²) in [7, 11) is 0.500. The van der Waals surface area contributed by atoms with Gasteiger partial charge in [0, 0.05) is 36.1 Å². The molecule has 5 aromatic rings. The van der Waals surface area contributed by atoms with Crippen molar-refractivity contribution in [1.82, 2.24) is 9.55 Å². The first-order chi connectivity index (χ1) is 21.7. The minimum atomic E-state index is -1.33. The summed E-state index contributed by atoms with van der Waals surface area (Å²) in [5.74, 6) is -0.268. The van der Waals surface area contributed by atoms with Gasteiger partial charge in [0.2, 0.25) is 0 Å². The molecule has 0 fully saturated rings. The van der Waals surface area contributed by atoms with Crippen LogP contribution in [0.4, 0.5) is 5.69 Å². The van der Waals surface area contributed by atoms with Crippen LogP contribution in [-0.2, 0) is 24.0 Å². The van der Waals surface area contributed by atoms with Crippen LogP contribution in [0.3, 0.4) is 0 Å². The molecule has 6 nitrogen and oxygen atoms in total. The fraction of sp³-hybridized carbons (Fsp3) is 0.167. The zero-order valence-corrected chi connectivity index (χ0v) is 27.3. The zero-order chi connectivity index (χ0) is 31.9. The largest absolute Gasteiger partial charge is 0.478 e. The van der Waals surface area contributed by atoms with E-state index in [9.17, 15) is 14.1 Å². The van der Waals surface area contributed by atoms with Crippen LogP contribution < -0.4 is 4.31 Å². The third kappa shape index (κ3) is 8.11. The van der Waals surface area contributed by atoms with E-state index in [1.54, 1.807) is 40.7 Å². The van der Waals surface area contributed by atoms with Gasteiger partial charge in [-0.1, -0.05) is 79.0 Å². The van der Waals surface area contributed by atoms with E-state index < -0.39 is 17.0 Å². The Kier molecular flexibility index (Phi) is 10.6. The van der Waals surface area contributed by atoms with Gasteiger partial charge in [-0.05, 0) is 90.2 Å². The van der Waals surface area contributed by atoms with Gasteiger partial charge in [-0.15, -0.1) is 0 Å². The van der Waals surface area contributed by atoms with Crippen LogP contribution in [0.25, 0.3) is 23.4 Å². The maximum Gasteiger partial charge on any atom is 0.335 e. The van der Waals surface area contributed by atoms with Crippen LogP contribution in [0.5, 0.6) is 0 Å². The Balaban J connectivity index is 1.36. The average Bonchev–Trinajstić information content (AvgIpc) is 3.44. The molecule has 0 saturated heterocycles. The number of hydrogen-bond acceptors (Lipinski definition) is 3. The van der Waals surface area contributed by atoms with E-state index in [1.165, 1.54) is 5.56 Å². The lowest BCUT2D eigenvalue weighted by atomic mass is 10.1. The van der Waals surface area contributed by atoms with E-state index in [-0.39, 0.29) is 5.56 Å². The lowest BCUT2D eigenvalue weighted by molar-refractivity contribution is 0.0697. The van der Waals surface area contributed by atoms with Gasteiger partial charge in [-0.3, -0.25) is 4.31 Å². The first-order valence-electron chi connectivity index (χ1n) is 14.6. The van der Waals surface area contributed by atoms with Crippen LogP contribution >= 0.6 is 23.2 Å². The van der Waals surface area contributed by atoms with E-state index in [1.807, 2.05) is 72.4 Å². The lowest BCUT2D eigenvalue weighted by Crippen LogP contribution is -2.20.